The molecule has 3 aromatic carbocycles. The average molecular weight is 498 g/mol. The van der Waals surface area contributed by atoms with Gasteiger partial charge in [-0.3, -0.25) is 0 Å². The molecule has 0 spiro atoms. The van der Waals surface area contributed by atoms with Gasteiger partial charge in [0.1, 0.15) is 17.1 Å². The first-order valence-electron chi connectivity index (χ1n) is 12.5. The predicted octanol–water partition coefficient (Wildman–Crippen LogP) is 6.71. The molecule has 0 saturated carbocycles. The minimum Gasteiger partial charge on any atom is -0.496 e. The van der Waals surface area contributed by atoms with Crippen LogP contribution in [0.4, 0.5) is 0 Å². The molecule has 2 N–H and O–H groups in total. The van der Waals surface area contributed by atoms with Crippen molar-refractivity contribution in [2.24, 2.45) is 0 Å². The first-order valence-corrected chi connectivity index (χ1v) is 12.5. The fourth-order valence-electron chi connectivity index (χ4n) is 4.59. The number of hydrogen-bond donors (Lipinski definition) is 2. The summed E-state index contributed by atoms with van der Waals surface area (Å²) in [5, 5.41) is 16.3. The number of unbranched alkanes of at least 4 members (excludes halogenated alkanes) is 3. The second-order valence-electron chi connectivity index (χ2n) is 8.65. The van der Waals surface area contributed by atoms with Crippen LogP contribution in [0.5, 0.6) is 11.5 Å². The van der Waals surface area contributed by atoms with Crippen molar-refractivity contribution >= 4 is 12.4 Å². The fourth-order valence-corrected chi connectivity index (χ4v) is 4.59. The Hall–Kier alpha value is -2.53. The van der Waals surface area contributed by atoms with Gasteiger partial charge in [-0.2, -0.15) is 0 Å². The maximum Gasteiger partial charge on any atom is 0.126 e. The normalized spacial score (nSPS) is 13.4. The van der Waals surface area contributed by atoms with E-state index in [0.717, 1.165) is 35.4 Å². The Morgan fingerprint density at radius 1 is 0.857 bits per heavy atom. The molecule has 0 heterocycles. The van der Waals surface area contributed by atoms with E-state index in [4.69, 9.17) is 9.47 Å². The van der Waals surface area contributed by atoms with Gasteiger partial charge in [0.05, 0.1) is 13.7 Å². The monoisotopic (exact) mass is 497 g/mol. The van der Waals surface area contributed by atoms with Gasteiger partial charge in [-0.05, 0) is 49.2 Å². The first-order chi connectivity index (χ1) is 16.6. The molecule has 0 aliphatic rings. The number of hydrogen-bond acceptors (Lipinski definition) is 4. The second-order valence-corrected chi connectivity index (χ2v) is 8.65. The van der Waals surface area contributed by atoms with Gasteiger partial charge in [-0.25, -0.2) is 0 Å². The third-order valence-electron chi connectivity index (χ3n) is 6.38. The predicted molar refractivity (Wildman–Crippen MR) is 147 cm³/mol. The number of aliphatic hydroxyl groups is 1. The Labute approximate surface area is 217 Å². The number of ether oxygens (including phenoxy) is 2. The number of halogens is 1. The fraction of sp³-hybridized carbons (Fsp3) is 0.400. The number of para-hydroxylation sites is 1. The summed E-state index contributed by atoms with van der Waals surface area (Å²) >= 11 is 0. The van der Waals surface area contributed by atoms with Crippen LogP contribution in [0.3, 0.4) is 0 Å². The lowest BCUT2D eigenvalue weighted by molar-refractivity contribution is 0.0465. The van der Waals surface area contributed by atoms with Crippen LogP contribution in [0, 0.1) is 0 Å². The van der Waals surface area contributed by atoms with Crippen molar-refractivity contribution in [1.29, 1.82) is 0 Å². The lowest BCUT2D eigenvalue weighted by atomic mass is 9.72. The Kier molecular flexibility index (Phi) is 12.1. The molecule has 3 aromatic rings. The summed E-state index contributed by atoms with van der Waals surface area (Å²) in [6.45, 7) is 6.36. The molecule has 0 fully saturated rings. The van der Waals surface area contributed by atoms with Crippen LogP contribution >= 0.6 is 12.4 Å². The van der Waals surface area contributed by atoms with Crippen molar-refractivity contribution in [1.82, 2.24) is 5.32 Å². The van der Waals surface area contributed by atoms with E-state index in [1.165, 1.54) is 19.3 Å². The number of rotatable bonds is 14. The minimum absolute atomic E-state index is 0. The van der Waals surface area contributed by atoms with Gasteiger partial charge in [0.25, 0.3) is 0 Å². The van der Waals surface area contributed by atoms with Crippen molar-refractivity contribution in [2.75, 3.05) is 26.8 Å². The van der Waals surface area contributed by atoms with Gasteiger partial charge in [0.15, 0.2) is 0 Å². The van der Waals surface area contributed by atoms with Crippen molar-refractivity contribution in [3.63, 3.8) is 0 Å². The highest BCUT2D eigenvalue weighted by atomic mass is 35.5. The molecule has 5 heteroatoms. The van der Waals surface area contributed by atoms with E-state index in [9.17, 15) is 5.11 Å². The molecule has 0 saturated heterocycles. The maximum absolute atomic E-state index is 12.7. The number of benzene rings is 3. The molecule has 190 valence electrons. The smallest absolute Gasteiger partial charge is 0.126 e. The lowest BCUT2D eigenvalue weighted by Gasteiger charge is -2.39. The Bertz CT molecular complexity index is 980. The largest absolute Gasteiger partial charge is 0.496 e. The third kappa shape index (κ3) is 7.23. The summed E-state index contributed by atoms with van der Waals surface area (Å²) in [5.41, 5.74) is 1.33. The summed E-state index contributed by atoms with van der Waals surface area (Å²) in [7, 11) is 1.65. The van der Waals surface area contributed by atoms with Crippen molar-refractivity contribution in [2.45, 2.75) is 51.0 Å². The first kappa shape index (κ1) is 28.7. The number of methoxy groups -OCH3 is 1. The molecule has 3 rings (SSSR count). The van der Waals surface area contributed by atoms with E-state index < -0.39 is 5.60 Å². The van der Waals surface area contributed by atoms with Gasteiger partial charge in [0, 0.05) is 18.0 Å². The third-order valence-corrected chi connectivity index (χ3v) is 6.38. The van der Waals surface area contributed by atoms with E-state index in [2.05, 4.69) is 24.4 Å². The number of nitrogens with one attached hydrogen (secondary N) is 1. The van der Waals surface area contributed by atoms with Crippen molar-refractivity contribution < 1.29 is 14.6 Å². The molecular weight excluding hydrogens is 458 g/mol. The van der Waals surface area contributed by atoms with Gasteiger partial charge in [-0.15, -0.1) is 12.4 Å². The van der Waals surface area contributed by atoms with Crippen LogP contribution in [0.1, 0.15) is 62.1 Å². The molecular formula is C30H40ClNO3. The Morgan fingerprint density at radius 3 is 2.20 bits per heavy atom. The van der Waals surface area contributed by atoms with Crippen LogP contribution in [0.2, 0.25) is 0 Å². The molecule has 0 amide bonds. The quantitative estimate of drug-likeness (QED) is 0.243. The Morgan fingerprint density at radius 2 is 1.54 bits per heavy atom. The van der Waals surface area contributed by atoms with Crippen molar-refractivity contribution in [3.05, 3.63) is 95.6 Å². The SMILES string of the molecule is CCCCCCNCC(c1ccccc1)C(O)(c1ccc(OCC)cc1)c1ccccc1OC.Cl. The Balaban J connectivity index is 0.00000432. The highest BCUT2D eigenvalue weighted by Crippen LogP contribution is 2.46. The molecule has 2 atom stereocenters. The van der Waals surface area contributed by atoms with Gasteiger partial charge >= 0.3 is 0 Å². The summed E-state index contributed by atoms with van der Waals surface area (Å²) < 4.78 is 11.4. The maximum atomic E-state index is 12.7. The van der Waals surface area contributed by atoms with E-state index in [0.29, 0.717) is 18.9 Å². The average Bonchev–Trinajstić information content (AvgIpc) is 2.89. The van der Waals surface area contributed by atoms with Crippen LogP contribution in [0.15, 0.2) is 78.9 Å². The summed E-state index contributed by atoms with van der Waals surface area (Å²) in [6.07, 6.45) is 4.82. The second kappa shape index (κ2) is 14.8. The molecule has 4 nitrogen and oxygen atoms in total. The standard InChI is InChI=1S/C30H39NO3.ClH/c1-4-6-7-13-22-31-23-28(24-14-9-8-10-15-24)30(32,27-16-11-12-17-29(27)33-3)25-18-20-26(21-19-25)34-5-2;/h8-12,14-21,28,31-32H,4-7,13,22-23H2,1-3H3;1H. The summed E-state index contributed by atoms with van der Waals surface area (Å²) in [4.78, 5) is 0. The highest BCUT2D eigenvalue weighted by molar-refractivity contribution is 5.85. The van der Waals surface area contributed by atoms with Gasteiger partial charge in [-0.1, -0.05) is 86.8 Å². The topological polar surface area (TPSA) is 50.7 Å². The zero-order valence-electron chi connectivity index (χ0n) is 21.2. The summed E-state index contributed by atoms with van der Waals surface area (Å²) in [6, 6.07) is 25.8. The van der Waals surface area contributed by atoms with E-state index >= 15 is 0 Å². The van der Waals surface area contributed by atoms with Crippen LogP contribution in [0.25, 0.3) is 0 Å². The van der Waals surface area contributed by atoms with Gasteiger partial charge in [0.2, 0.25) is 0 Å². The summed E-state index contributed by atoms with van der Waals surface area (Å²) in [5.74, 6) is 1.23. The molecule has 0 aliphatic heterocycles. The zero-order valence-corrected chi connectivity index (χ0v) is 22.0. The van der Waals surface area contributed by atoms with Crippen LogP contribution < -0.4 is 14.8 Å². The van der Waals surface area contributed by atoms with E-state index in [-0.39, 0.29) is 18.3 Å². The lowest BCUT2D eigenvalue weighted by Crippen LogP contribution is -2.41. The zero-order chi connectivity index (χ0) is 24.2. The molecule has 0 aromatic heterocycles. The molecule has 2 unspecified atom stereocenters. The minimum atomic E-state index is -1.31. The van der Waals surface area contributed by atoms with E-state index in [1.54, 1.807) is 7.11 Å². The van der Waals surface area contributed by atoms with Crippen LogP contribution in [-0.4, -0.2) is 31.9 Å². The molecule has 0 aliphatic carbocycles. The molecule has 0 bridgehead atoms. The molecule has 0 radical (unpaired) electrons. The highest BCUT2D eigenvalue weighted by Gasteiger charge is 2.43. The molecule has 35 heavy (non-hydrogen) atoms. The van der Waals surface area contributed by atoms with Crippen molar-refractivity contribution in [3.8, 4) is 11.5 Å². The van der Waals surface area contributed by atoms with Crippen LogP contribution in [-0.2, 0) is 5.60 Å². The van der Waals surface area contributed by atoms with Gasteiger partial charge < -0.3 is 19.9 Å². The van der Waals surface area contributed by atoms with E-state index in [1.807, 2.05) is 73.7 Å².